The zero-order chi connectivity index (χ0) is 24.8. The summed E-state index contributed by atoms with van der Waals surface area (Å²) in [5.74, 6) is -2.76. The van der Waals surface area contributed by atoms with Crippen LogP contribution >= 0.6 is 0 Å². The van der Waals surface area contributed by atoms with Crippen molar-refractivity contribution in [2.24, 2.45) is 5.73 Å². The minimum absolute atomic E-state index is 0.172. The Morgan fingerprint density at radius 3 is 2.38 bits per heavy atom. The predicted molar refractivity (Wildman–Crippen MR) is 123 cm³/mol. The van der Waals surface area contributed by atoms with Crippen molar-refractivity contribution in [1.29, 1.82) is 5.26 Å². The second-order valence-electron chi connectivity index (χ2n) is 7.95. The van der Waals surface area contributed by atoms with E-state index in [2.05, 4.69) is 5.32 Å². The number of nitriles is 1. The van der Waals surface area contributed by atoms with Crippen molar-refractivity contribution < 1.29 is 23.9 Å². The van der Waals surface area contributed by atoms with Gasteiger partial charge in [0.2, 0.25) is 5.91 Å². The standard InChI is InChI=1S/C25H22N4O5/c1-13-9-10-18(14(2)11-13)29-20(23(31)34-4)19(22(30)33-3)25(16(12-26)21(29)27)15-7-5-6-8-17(15)28-24(25)32/h5-11H,27H2,1-4H3,(H,28,32). The van der Waals surface area contributed by atoms with Crippen LogP contribution in [0.1, 0.15) is 16.7 Å². The van der Waals surface area contributed by atoms with E-state index in [1.165, 1.54) is 4.90 Å². The first-order chi connectivity index (χ1) is 16.2. The van der Waals surface area contributed by atoms with Crippen LogP contribution in [0.15, 0.2) is 65.1 Å². The molecule has 9 nitrogen and oxygen atoms in total. The number of anilines is 2. The SMILES string of the molecule is COC(=O)C1=C(C(=O)OC)C2(C(=O)Nc3ccccc32)C(C#N)=C(N)N1c1ccc(C)cc1C. The summed E-state index contributed by atoms with van der Waals surface area (Å²) in [6.45, 7) is 3.70. The van der Waals surface area contributed by atoms with Gasteiger partial charge in [-0.2, -0.15) is 5.26 Å². The van der Waals surface area contributed by atoms with E-state index in [1.807, 2.05) is 19.1 Å². The zero-order valence-electron chi connectivity index (χ0n) is 19.1. The predicted octanol–water partition coefficient (Wildman–Crippen LogP) is 2.31. The lowest BCUT2D eigenvalue weighted by atomic mass is 9.67. The minimum atomic E-state index is -2.00. The number of amides is 1. The Balaban J connectivity index is 2.22. The van der Waals surface area contributed by atoms with Crippen LogP contribution in [0.5, 0.6) is 0 Å². The Hall–Kier alpha value is -4.58. The van der Waals surface area contributed by atoms with Crippen molar-refractivity contribution in [3.05, 3.63) is 81.8 Å². The number of para-hydroxylation sites is 1. The number of nitrogens with two attached hydrogens (primary N) is 1. The van der Waals surface area contributed by atoms with Gasteiger partial charge >= 0.3 is 11.9 Å². The van der Waals surface area contributed by atoms with Gasteiger partial charge < -0.3 is 20.5 Å². The summed E-state index contributed by atoms with van der Waals surface area (Å²) in [6.07, 6.45) is 0. The molecule has 4 rings (SSSR count). The van der Waals surface area contributed by atoms with Crippen LogP contribution in [0, 0.1) is 25.2 Å². The molecule has 34 heavy (non-hydrogen) atoms. The number of benzene rings is 2. The van der Waals surface area contributed by atoms with Gasteiger partial charge in [0, 0.05) is 11.3 Å². The second kappa shape index (κ2) is 8.08. The highest BCUT2D eigenvalue weighted by Crippen LogP contribution is 2.53. The maximum atomic E-state index is 13.6. The molecule has 2 heterocycles. The number of aryl methyl sites for hydroxylation is 2. The van der Waals surface area contributed by atoms with Gasteiger partial charge in [-0.3, -0.25) is 9.69 Å². The van der Waals surface area contributed by atoms with Crippen molar-refractivity contribution in [2.75, 3.05) is 24.4 Å². The Morgan fingerprint density at radius 1 is 1.09 bits per heavy atom. The third kappa shape index (κ3) is 2.89. The summed E-state index contributed by atoms with van der Waals surface area (Å²) in [7, 11) is 2.28. The van der Waals surface area contributed by atoms with E-state index in [1.54, 1.807) is 43.3 Å². The van der Waals surface area contributed by atoms with Gasteiger partial charge in [0.1, 0.15) is 23.0 Å². The van der Waals surface area contributed by atoms with Crippen molar-refractivity contribution in [3.63, 3.8) is 0 Å². The van der Waals surface area contributed by atoms with E-state index >= 15 is 0 Å². The highest BCUT2D eigenvalue weighted by atomic mass is 16.5. The Bertz CT molecular complexity index is 1370. The molecule has 9 heteroatoms. The molecular weight excluding hydrogens is 436 g/mol. The van der Waals surface area contributed by atoms with Crippen LogP contribution in [0.25, 0.3) is 0 Å². The Morgan fingerprint density at radius 2 is 1.76 bits per heavy atom. The first kappa shape index (κ1) is 22.6. The van der Waals surface area contributed by atoms with E-state index < -0.39 is 23.3 Å². The van der Waals surface area contributed by atoms with Crippen molar-refractivity contribution in [3.8, 4) is 6.07 Å². The molecule has 2 aliphatic rings. The van der Waals surface area contributed by atoms with Gasteiger partial charge in [0.05, 0.1) is 31.1 Å². The fraction of sp³-hybridized carbons (Fsp3) is 0.200. The minimum Gasteiger partial charge on any atom is -0.466 e. The molecule has 0 aliphatic carbocycles. The van der Waals surface area contributed by atoms with Crippen LogP contribution in [-0.4, -0.2) is 32.1 Å². The topological polar surface area (TPSA) is 135 Å². The van der Waals surface area contributed by atoms with Crippen LogP contribution in [0.4, 0.5) is 11.4 Å². The molecule has 0 radical (unpaired) electrons. The zero-order valence-corrected chi connectivity index (χ0v) is 19.1. The number of hydrogen-bond acceptors (Lipinski definition) is 8. The highest BCUT2D eigenvalue weighted by Gasteiger charge is 2.61. The lowest BCUT2D eigenvalue weighted by Gasteiger charge is -2.40. The van der Waals surface area contributed by atoms with E-state index in [0.717, 1.165) is 25.3 Å². The van der Waals surface area contributed by atoms with Gasteiger partial charge in [0.15, 0.2) is 0 Å². The molecule has 0 saturated heterocycles. The number of nitrogens with one attached hydrogen (secondary N) is 1. The molecule has 0 aromatic heterocycles. The number of carbonyl (C=O) groups excluding carboxylic acids is 3. The Kier molecular flexibility index (Phi) is 5.37. The summed E-state index contributed by atoms with van der Waals surface area (Å²) in [6, 6.07) is 14.0. The summed E-state index contributed by atoms with van der Waals surface area (Å²) < 4.78 is 10.1. The fourth-order valence-electron chi connectivity index (χ4n) is 4.68. The molecule has 2 aromatic rings. The summed E-state index contributed by atoms with van der Waals surface area (Å²) in [5.41, 5.74) is 6.50. The number of esters is 2. The summed E-state index contributed by atoms with van der Waals surface area (Å²) in [4.78, 5) is 41.5. The van der Waals surface area contributed by atoms with E-state index in [0.29, 0.717) is 16.9 Å². The van der Waals surface area contributed by atoms with E-state index in [9.17, 15) is 19.6 Å². The van der Waals surface area contributed by atoms with Crippen molar-refractivity contribution in [1.82, 2.24) is 0 Å². The first-order valence-electron chi connectivity index (χ1n) is 10.3. The van der Waals surface area contributed by atoms with Crippen LogP contribution in [0.2, 0.25) is 0 Å². The third-order valence-corrected chi connectivity index (χ3v) is 6.10. The second-order valence-corrected chi connectivity index (χ2v) is 7.95. The maximum absolute atomic E-state index is 13.6. The molecule has 1 atom stereocenters. The molecule has 2 aliphatic heterocycles. The molecule has 0 saturated carbocycles. The number of methoxy groups -OCH3 is 2. The quantitative estimate of drug-likeness (QED) is 0.669. The van der Waals surface area contributed by atoms with Gasteiger partial charge in [-0.1, -0.05) is 35.9 Å². The van der Waals surface area contributed by atoms with Gasteiger partial charge in [-0.05, 0) is 31.5 Å². The van der Waals surface area contributed by atoms with Crippen LogP contribution in [0.3, 0.4) is 0 Å². The number of nitrogens with zero attached hydrogens (tertiary/aromatic N) is 2. The molecule has 172 valence electrons. The average Bonchev–Trinajstić information content (AvgIpc) is 3.11. The molecule has 1 unspecified atom stereocenters. The lowest BCUT2D eigenvalue weighted by Crippen LogP contribution is -2.51. The number of ether oxygens (including phenoxy) is 2. The maximum Gasteiger partial charge on any atom is 0.355 e. The Labute approximate surface area is 196 Å². The molecule has 3 N–H and O–H groups in total. The van der Waals surface area contributed by atoms with Crippen LogP contribution < -0.4 is 16.0 Å². The fourth-order valence-corrected chi connectivity index (χ4v) is 4.68. The van der Waals surface area contributed by atoms with Crippen molar-refractivity contribution in [2.45, 2.75) is 19.3 Å². The lowest BCUT2D eigenvalue weighted by molar-refractivity contribution is -0.140. The largest absolute Gasteiger partial charge is 0.466 e. The molecule has 1 spiro atoms. The summed E-state index contributed by atoms with van der Waals surface area (Å²) >= 11 is 0. The molecular formula is C25H22N4O5. The van der Waals surface area contributed by atoms with E-state index in [4.69, 9.17) is 15.2 Å². The van der Waals surface area contributed by atoms with E-state index in [-0.39, 0.29) is 22.7 Å². The first-order valence-corrected chi connectivity index (χ1v) is 10.3. The molecule has 0 fully saturated rings. The van der Waals surface area contributed by atoms with Gasteiger partial charge in [-0.25, -0.2) is 9.59 Å². The normalized spacial score (nSPS) is 19.0. The molecule has 0 bridgehead atoms. The number of fused-ring (bicyclic) bond motifs is 2. The number of rotatable bonds is 3. The molecule has 2 aromatic carbocycles. The number of carbonyl (C=O) groups is 3. The number of hydrogen-bond donors (Lipinski definition) is 2. The van der Waals surface area contributed by atoms with Gasteiger partial charge in [-0.15, -0.1) is 0 Å². The van der Waals surface area contributed by atoms with Gasteiger partial charge in [0.25, 0.3) is 0 Å². The third-order valence-electron chi connectivity index (χ3n) is 6.10. The smallest absolute Gasteiger partial charge is 0.355 e. The highest BCUT2D eigenvalue weighted by molar-refractivity contribution is 6.20. The van der Waals surface area contributed by atoms with Crippen LogP contribution in [-0.2, 0) is 29.3 Å². The average molecular weight is 458 g/mol. The monoisotopic (exact) mass is 458 g/mol. The molecule has 1 amide bonds. The summed E-state index contributed by atoms with van der Waals surface area (Å²) in [5, 5.41) is 13.0. The van der Waals surface area contributed by atoms with Crippen molar-refractivity contribution >= 4 is 29.2 Å².